The molecule has 0 radical (unpaired) electrons. The van der Waals surface area contributed by atoms with E-state index in [1.54, 1.807) is 7.11 Å². The monoisotopic (exact) mass is 306 g/mol. The third-order valence-corrected chi connectivity index (χ3v) is 4.39. The van der Waals surface area contributed by atoms with E-state index in [-0.39, 0.29) is 0 Å². The number of ether oxygens (including phenoxy) is 1. The maximum absolute atomic E-state index is 5.66. The van der Waals surface area contributed by atoms with Crippen LogP contribution in [0.25, 0.3) is 22.5 Å². The van der Waals surface area contributed by atoms with Gasteiger partial charge in [-0.1, -0.05) is 42.0 Å². The number of nitrogens with zero attached hydrogens (tertiary/aromatic N) is 2. The molecule has 108 valence electrons. The van der Waals surface area contributed by atoms with Crippen LogP contribution in [0, 0.1) is 6.92 Å². The van der Waals surface area contributed by atoms with Crippen molar-refractivity contribution in [2.45, 2.75) is 6.92 Å². The molecular weight excluding hydrogens is 292 g/mol. The molecule has 1 aromatic carbocycles. The van der Waals surface area contributed by atoms with Gasteiger partial charge >= 0.3 is 0 Å². The number of fused-ring (bicyclic) bond motifs is 3. The van der Waals surface area contributed by atoms with E-state index in [4.69, 9.17) is 17.0 Å². The fraction of sp³-hybridized carbons (Fsp3) is 0.111. The van der Waals surface area contributed by atoms with Gasteiger partial charge in [-0.3, -0.25) is 0 Å². The molecule has 0 aliphatic carbocycles. The quantitative estimate of drug-likeness (QED) is 0.522. The average Bonchev–Trinajstić information content (AvgIpc) is 3.11. The summed E-state index contributed by atoms with van der Waals surface area (Å²) >= 11 is 5.66. The van der Waals surface area contributed by atoms with E-state index in [0.29, 0.717) is 5.88 Å². The topological polar surface area (TPSA) is 27.1 Å². The van der Waals surface area contributed by atoms with E-state index in [1.807, 2.05) is 29.0 Å². The molecule has 1 aliphatic heterocycles. The predicted molar refractivity (Wildman–Crippen MR) is 91.5 cm³/mol. The minimum atomic E-state index is 0.603. The molecule has 0 saturated heterocycles. The van der Waals surface area contributed by atoms with Crippen LogP contribution in [0.2, 0.25) is 0 Å². The van der Waals surface area contributed by atoms with Crippen LogP contribution in [-0.4, -0.2) is 21.6 Å². The zero-order valence-corrected chi connectivity index (χ0v) is 13.1. The lowest BCUT2D eigenvalue weighted by molar-refractivity contribution is 0.398. The Hall–Kier alpha value is -2.46. The van der Waals surface area contributed by atoms with Crippen LogP contribution in [0.3, 0.4) is 0 Å². The van der Waals surface area contributed by atoms with Crippen molar-refractivity contribution < 1.29 is 4.74 Å². The summed E-state index contributed by atoms with van der Waals surface area (Å²) in [6.45, 7) is 2.08. The van der Waals surface area contributed by atoms with Gasteiger partial charge in [-0.15, -0.1) is 0 Å². The maximum atomic E-state index is 5.66. The molecule has 4 heteroatoms. The Balaban J connectivity index is 2.02. The van der Waals surface area contributed by atoms with Crippen LogP contribution in [0.5, 0.6) is 5.88 Å². The largest absolute Gasteiger partial charge is 0.481 e. The molecule has 0 bridgehead atoms. The fourth-order valence-corrected chi connectivity index (χ4v) is 3.23. The minimum absolute atomic E-state index is 0.603. The standard InChI is InChI=1S/C18H14N2OS/c1-11-5-7-12(8-6-11)13-10-15(21-2)19-17-14-4-3-9-20(14)18(22)16(13)17/h3-10H,1-2H3. The summed E-state index contributed by atoms with van der Waals surface area (Å²) in [5.41, 5.74) is 6.34. The summed E-state index contributed by atoms with van der Waals surface area (Å²) in [7, 11) is 1.64. The molecule has 3 heterocycles. The Labute approximate surface area is 134 Å². The lowest BCUT2D eigenvalue weighted by Crippen LogP contribution is -2.05. The second kappa shape index (κ2) is 4.78. The Kier molecular flexibility index (Phi) is 2.87. The van der Waals surface area contributed by atoms with Crippen molar-refractivity contribution in [1.29, 1.82) is 0 Å². The zero-order chi connectivity index (χ0) is 15.3. The van der Waals surface area contributed by atoms with Crippen molar-refractivity contribution >= 4 is 17.2 Å². The van der Waals surface area contributed by atoms with Crippen molar-refractivity contribution in [2.24, 2.45) is 0 Å². The average molecular weight is 306 g/mol. The van der Waals surface area contributed by atoms with Crippen molar-refractivity contribution in [3.05, 3.63) is 59.8 Å². The molecule has 2 aromatic heterocycles. The summed E-state index contributed by atoms with van der Waals surface area (Å²) < 4.78 is 7.39. The summed E-state index contributed by atoms with van der Waals surface area (Å²) in [4.78, 5) is 5.40. The molecule has 22 heavy (non-hydrogen) atoms. The molecule has 0 amide bonds. The van der Waals surface area contributed by atoms with E-state index in [9.17, 15) is 0 Å². The van der Waals surface area contributed by atoms with Crippen molar-refractivity contribution in [3.8, 4) is 28.4 Å². The lowest BCUT2D eigenvalue weighted by Gasteiger charge is -2.11. The SMILES string of the molecule is COc1cc(-c2ccc(C)cc2)c2c(n1)-c1cccn1C2=S. The third kappa shape index (κ3) is 1.81. The maximum Gasteiger partial charge on any atom is 0.214 e. The summed E-state index contributed by atoms with van der Waals surface area (Å²) in [5.74, 6) is 0.603. The summed E-state index contributed by atoms with van der Waals surface area (Å²) in [6.07, 6.45) is 1.98. The molecule has 0 unspecified atom stereocenters. The second-order valence-corrected chi connectivity index (χ2v) is 5.76. The number of thiocarbonyl (C=S) groups is 1. The highest BCUT2D eigenvalue weighted by molar-refractivity contribution is 7.80. The summed E-state index contributed by atoms with van der Waals surface area (Å²) in [6, 6.07) is 14.4. The van der Waals surface area contributed by atoms with Crippen LogP contribution in [0.1, 0.15) is 11.1 Å². The van der Waals surface area contributed by atoms with Crippen LogP contribution in [0.15, 0.2) is 48.7 Å². The van der Waals surface area contributed by atoms with Crippen molar-refractivity contribution in [1.82, 2.24) is 9.55 Å². The first-order valence-electron chi connectivity index (χ1n) is 7.07. The number of benzene rings is 1. The van der Waals surface area contributed by atoms with Crippen molar-refractivity contribution in [2.75, 3.05) is 7.11 Å². The molecule has 0 saturated carbocycles. The van der Waals surface area contributed by atoms with Gasteiger partial charge in [0.2, 0.25) is 5.88 Å². The van der Waals surface area contributed by atoms with Gasteiger partial charge in [0.15, 0.2) is 0 Å². The van der Waals surface area contributed by atoms with E-state index in [1.165, 1.54) is 5.56 Å². The fourth-order valence-electron chi connectivity index (χ4n) is 2.86. The number of hydrogen-bond donors (Lipinski definition) is 0. The van der Waals surface area contributed by atoms with Gasteiger partial charge in [0, 0.05) is 17.8 Å². The van der Waals surface area contributed by atoms with E-state index < -0.39 is 0 Å². The molecule has 3 aromatic rings. The first kappa shape index (κ1) is 13.2. The Bertz CT molecular complexity index is 894. The first-order valence-corrected chi connectivity index (χ1v) is 7.48. The van der Waals surface area contributed by atoms with Gasteiger partial charge in [-0.2, -0.15) is 0 Å². The van der Waals surface area contributed by atoms with Gasteiger partial charge in [0.05, 0.1) is 12.8 Å². The summed E-state index contributed by atoms with van der Waals surface area (Å²) in [5, 5.41) is 0. The van der Waals surface area contributed by atoms with Crippen LogP contribution >= 0.6 is 12.2 Å². The highest BCUT2D eigenvalue weighted by atomic mass is 32.1. The molecule has 0 fully saturated rings. The smallest absolute Gasteiger partial charge is 0.214 e. The minimum Gasteiger partial charge on any atom is -0.481 e. The number of rotatable bonds is 2. The van der Waals surface area contributed by atoms with E-state index in [2.05, 4.69) is 36.2 Å². The molecule has 4 rings (SSSR count). The van der Waals surface area contributed by atoms with E-state index in [0.717, 1.165) is 33.1 Å². The van der Waals surface area contributed by atoms with Gasteiger partial charge in [0.25, 0.3) is 0 Å². The Morgan fingerprint density at radius 2 is 1.91 bits per heavy atom. The van der Waals surface area contributed by atoms with Crippen LogP contribution in [-0.2, 0) is 0 Å². The van der Waals surface area contributed by atoms with Crippen LogP contribution < -0.4 is 4.74 Å². The Morgan fingerprint density at radius 3 is 2.64 bits per heavy atom. The molecular formula is C18H14N2OS. The predicted octanol–water partition coefficient (Wildman–Crippen LogP) is 4.07. The molecule has 0 spiro atoms. The second-order valence-electron chi connectivity index (χ2n) is 5.37. The van der Waals surface area contributed by atoms with E-state index >= 15 is 0 Å². The van der Waals surface area contributed by atoms with Gasteiger partial charge in [0.1, 0.15) is 10.7 Å². The van der Waals surface area contributed by atoms with Gasteiger partial charge in [-0.05, 0) is 30.2 Å². The highest BCUT2D eigenvalue weighted by Gasteiger charge is 2.28. The number of methoxy groups -OCH3 is 1. The first-order chi connectivity index (χ1) is 10.7. The molecule has 1 aliphatic rings. The molecule has 3 nitrogen and oxygen atoms in total. The zero-order valence-electron chi connectivity index (χ0n) is 12.3. The van der Waals surface area contributed by atoms with Crippen LogP contribution in [0.4, 0.5) is 0 Å². The molecule has 0 atom stereocenters. The normalized spacial score (nSPS) is 12.2. The van der Waals surface area contributed by atoms with Crippen molar-refractivity contribution in [3.63, 3.8) is 0 Å². The number of aryl methyl sites for hydroxylation is 1. The van der Waals surface area contributed by atoms with Gasteiger partial charge in [-0.25, -0.2) is 4.98 Å². The Morgan fingerprint density at radius 1 is 1.14 bits per heavy atom. The lowest BCUT2D eigenvalue weighted by atomic mass is 9.98. The highest BCUT2D eigenvalue weighted by Crippen LogP contribution is 2.39. The number of hydrogen-bond acceptors (Lipinski definition) is 3. The van der Waals surface area contributed by atoms with Gasteiger partial charge < -0.3 is 9.30 Å². The molecule has 0 N–H and O–H groups in total. The number of aromatic nitrogens is 2. The number of pyridine rings is 1. The third-order valence-electron chi connectivity index (χ3n) is 3.99.